The molecule has 1 aromatic heterocycles. The summed E-state index contributed by atoms with van der Waals surface area (Å²) in [5.41, 5.74) is 1.12. The minimum absolute atomic E-state index is 0.0744. The standard InChI is InChI=1S/C14H14N2O3S/c1-19-10-3-2-6-16(8-10)14-15-11-5-4-9(13(17)18)7-12(11)20-14/h2-5,7,10H,6,8H2,1H3,(H,17,18). The summed E-state index contributed by atoms with van der Waals surface area (Å²) in [6.07, 6.45) is 4.18. The zero-order valence-electron chi connectivity index (χ0n) is 10.9. The number of ether oxygens (including phenoxy) is 1. The highest BCUT2D eigenvalue weighted by molar-refractivity contribution is 7.22. The average Bonchev–Trinajstić information content (AvgIpc) is 2.90. The lowest BCUT2D eigenvalue weighted by molar-refractivity contribution is 0.0697. The zero-order valence-corrected chi connectivity index (χ0v) is 11.8. The van der Waals surface area contributed by atoms with E-state index in [0.717, 1.165) is 28.4 Å². The van der Waals surface area contributed by atoms with Crippen LogP contribution < -0.4 is 4.90 Å². The predicted octanol–water partition coefficient (Wildman–Crippen LogP) is 2.39. The van der Waals surface area contributed by atoms with E-state index < -0.39 is 5.97 Å². The number of fused-ring (bicyclic) bond motifs is 1. The van der Waals surface area contributed by atoms with Crippen molar-refractivity contribution in [3.8, 4) is 0 Å². The molecule has 0 radical (unpaired) electrons. The van der Waals surface area contributed by atoms with Crippen molar-refractivity contribution >= 4 is 32.7 Å². The van der Waals surface area contributed by atoms with Gasteiger partial charge in [-0.2, -0.15) is 0 Å². The summed E-state index contributed by atoms with van der Waals surface area (Å²) in [4.78, 5) is 17.7. The SMILES string of the molecule is COC1C=CCN(c2nc3ccc(C(=O)O)cc3s2)C1. The van der Waals surface area contributed by atoms with E-state index in [1.807, 2.05) is 6.08 Å². The van der Waals surface area contributed by atoms with E-state index >= 15 is 0 Å². The molecular formula is C14H14N2O3S. The van der Waals surface area contributed by atoms with Crippen LogP contribution in [0.4, 0.5) is 5.13 Å². The smallest absolute Gasteiger partial charge is 0.335 e. The maximum Gasteiger partial charge on any atom is 0.335 e. The molecule has 0 fully saturated rings. The summed E-state index contributed by atoms with van der Waals surface area (Å²) >= 11 is 1.51. The van der Waals surface area contributed by atoms with Crippen LogP contribution in [0.15, 0.2) is 30.4 Å². The number of aromatic nitrogens is 1. The molecule has 2 aromatic rings. The Bertz CT molecular complexity index is 680. The van der Waals surface area contributed by atoms with Crippen LogP contribution in [0, 0.1) is 0 Å². The Balaban J connectivity index is 1.93. The lowest BCUT2D eigenvalue weighted by Crippen LogP contribution is -2.35. The number of nitrogens with zero attached hydrogens (tertiary/aromatic N) is 2. The molecule has 1 aliphatic heterocycles. The number of anilines is 1. The Hall–Kier alpha value is -1.92. The maximum atomic E-state index is 11.0. The minimum atomic E-state index is -0.915. The topological polar surface area (TPSA) is 62.7 Å². The van der Waals surface area contributed by atoms with E-state index in [4.69, 9.17) is 9.84 Å². The Kier molecular flexibility index (Phi) is 3.42. The Morgan fingerprint density at radius 3 is 3.15 bits per heavy atom. The lowest BCUT2D eigenvalue weighted by atomic mass is 10.2. The molecule has 20 heavy (non-hydrogen) atoms. The van der Waals surface area contributed by atoms with Gasteiger partial charge in [0, 0.05) is 13.7 Å². The number of carbonyl (C=O) groups is 1. The van der Waals surface area contributed by atoms with Gasteiger partial charge in [0.15, 0.2) is 5.13 Å². The van der Waals surface area contributed by atoms with E-state index in [-0.39, 0.29) is 6.10 Å². The quantitative estimate of drug-likeness (QED) is 0.879. The van der Waals surface area contributed by atoms with E-state index in [1.165, 1.54) is 11.3 Å². The molecule has 0 bridgehead atoms. The van der Waals surface area contributed by atoms with Gasteiger partial charge in [0.2, 0.25) is 0 Å². The van der Waals surface area contributed by atoms with Crippen molar-refractivity contribution in [3.63, 3.8) is 0 Å². The monoisotopic (exact) mass is 290 g/mol. The molecule has 0 saturated heterocycles. The number of carboxylic acids is 1. The van der Waals surface area contributed by atoms with Crippen molar-refractivity contribution in [1.82, 2.24) is 4.98 Å². The molecule has 1 N–H and O–H groups in total. The number of benzene rings is 1. The summed E-state index contributed by atoms with van der Waals surface area (Å²) in [7, 11) is 1.69. The highest BCUT2D eigenvalue weighted by Crippen LogP contribution is 2.30. The van der Waals surface area contributed by atoms with Crippen molar-refractivity contribution in [3.05, 3.63) is 35.9 Å². The first-order valence-electron chi connectivity index (χ1n) is 6.25. The second-order valence-electron chi connectivity index (χ2n) is 4.59. The van der Waals surface area contributed by atoms with Gasteiger partial charge in [0.05, 0.1) is 28.4 Å². The van der Waals surface area contributed by atoms with Gasteiger partial charge < -0.3 is 14.7 Å². The van der Waals surface area contributed by atoms with Crippen LogP contribution in [0.5, 0.6) is 0 Å². The maximum absolute atomic E-state index is 11.0. The van der Waals surface area contributed by atoms with Gasteiger partial charge in [-0.3, -0.25) is 0 Å². The fraction of sp³-hybridized carbons (Fsp3) is 0.286. The molecule has 1 atom stereocenters. The summed E-state index contributed by atoms with van der Waals surface area (Å²) in [6, 6.07) is 5.01. The molecule has 1 aromatic carbocycles. The third-order valence-electron chi connectivity index (χ3n) is 3.27. The van der Waals surface area contributed by atoms with Gasteiger partial charge in [-0.15, -0.1) is 0 Å². The van der Waals surface area contributed by atoms with Crippen molar-refractivity contribution in [1.29, 1.82) is 0 Å². The predicted molar refractivity (Wildman–Crippen MR) is 78.7 cm³/mol. The number of rotatable bonds is 3. The average molecular weight is 290 g/mol. The molecule has 5 nitrogen and oxygen atoms in total. The van der Waals surface area contributed by atoms with E-state index in [1.54, 1.807) is 25.3 Å². The van der Waals surface area contributed by atoms with Crippen LogP contribution in [0.2, 0.25) is 0 Å². The van der Waals surface area contributed by atoms with Gasteiger partial charge in [-0.1, -0.05) is 23.5 Å². The van der Waals surface area contributed by atoms with Crippen molar-refractivity contribution in [2.75, 3.05) is 25.1 Å². The summed E-state index contributed by atoms with van der Waals surface area (Å²) in [5.74, 6) is -0.915. The van der Waals surface area contributed by atoms with Crippen molar-refractivity contribution < 1.29 is 14.6 Å². The van der Waals surface area contributed by atoms with E-state index in [9.17, 15) is 4.79 Å². The largest absolute Gasteiger partial charge is 0.478 e. The van der Waals surface area contributed by atoms with Crippen LogP contribution in [-0.2, 0) is 4.74 Å². The zero-order chi connectivity index (χ0) is 14.1. The van der Waals surface area contributed by atoms with Gasteiger partial charge in [-0.25, -0.2) is 9.78 Å². The number of aromatic carboxylic acids is 1. The molecule has 0 spiro atoms. The number of methoxy groups -OCH3 is 1. The van der Waals surface area contributed by atoms with Crippen LogP contribution in [0.25, 0.3) is 10.2 Å². The normalized spacial score (nSPS) is 18.6. The fourth-order valence-corrected chi connectivity index (χ4v) is 3.21. The first-order valence-corrected chi connectivity index (χ1v) is 7.07. The van der Waals surface area contributed by atoms with E-state index in [0.29, 0.717) is 5.56 Å². The molecule has 104 valence electrons. The summed E-state index contributed by atoms with van der Waals surface area (Å²) in [6.45, 7) is 1.56. The van der Waals surface area contributed by atoms with Crippen molar-refractivity contribution in [2.24, 2.45) is 0 Å². The first-order chi connectivity index (χ1) is 9.67. The Morgan fingerprint density at radius 2 is 2.40 bits per heavy atom. The Labute approximate surface area is 120 Å². The van der Waals surface area contributed by atoms with Gasteiger partial charge in [0.1, 0.15) is 0 Å². The molecule has 3 rings (SSSR count). The third kappa shape index (κ3) is 2.39. The van der Waals surface area contributed by atoms with Gasteiger partial charge >= 0.3 is 5.97 Å². The summed E-state index contributed by atoms with van der Waals surface area (Å²) < 4.78 is 6.23. The molecular weight excluding hydrogens is 276 g/mol. The number of carboxylic acid groups (broad SMARTS) is 1. The molecule has 0 amide bonds. The highest BCUT2D eigenvalue weighted by atomic mass is 32.1. The van der Waals surface area contributed by atoms with Gasteiger partial charge in [0.25, 0.3) is 0 Å². The van der Waals surface area contributed by atoms with Gasteiger partial charge in [-0.05, 0) is 18.2 Å². The number of thiazole rings is 1. The van der Waals surface area contributed by atoms with Crippen LogP contribution in [-0.4, -0.2) is 42.4 Å². The van der Waals surface area contributed by atoms with Crippen LogP contribution in [0.1, 0.15) is 10.4 Å². The van der Waals surface area contributed by atoms with Crippen molar-refractivity contribution in [2.45, 2.75) is 6.10 Å². The molecule has 1 unspecified atom stereocenters. The van der Waals surface area contributed by atoms with E-state index in [2.05, 4.69) is 16.0 Å². The second-order valence-corrected chi connectivity index (χ2v) is 5.60. The fourth-order valence-electron chi connectivity index (χ4n) is 2.18. The number of hydrogen-bond acceptors (Lipinski definition) is 5. The molecule has 2 heterocycles. The minimum Gasteiger partial charge on any atom is -0.478 e. The second kappa shape index (κ2) is 5.22. The number of hydrogen-bond donors (Lipinski definition) is 1. The molecule has 0 aliphatic carbocycles. The lowest BCUT2D eigenvalue weighted by Gasteiger charge is -2.27. The third-order valence-corrected chi connectivity index (χ3v) is 4.35. The Morgan fingerprint density at radius 1 is 1.55 bits per heavy atom. The van der Waals surface area contributed by atoms with Crippen LogP contribution >= 0.6 is 11.3 Å². The first kappa shape index (κ1) is 13.1. The molecule has 1 aliphatic rings. The highest BCUT2D eigenvalue weighted by Gasteiger charge is 2.18. The molecule has 6 heteroatoms. The summed E-state index contributed by atoms with van der Waals surface area (Å²) in [5, 5.41) is 9.91. The molecule has 0 saturated carbocycles. The van der Waals surface area contributed by atoms with Crippen LogP contribution in [0.3, 0.4) is 0 Å².